The van der Waals surface area contributed by atoms with Crippen LogP contribution in [0.25, 0.3) is 0 Å². The molecule has 5 atom stereocenters. The van der Waals surface area contributed by atoms with Crippen LogP contribution in [0.1, 0.15) is 60.5 Å². The summed E-state index contributed by atoms with van der Waals surface area (Å²) < 4.78 is 39.8. The van der Waals surface area contributed by atoms with Crippen molar-refractivity contribution in [3.63, 3.8) is 0 Å². The van der Waals surface area contributed by atoms with Gasteiger partial charge in [-0.2, -0.15) is 0 Å². The number of fused-ring (bicyclic) bond motifs is 3. The molecule has 11 nitrogen and oxygen atoms in total. The summed E-state index contributed by atoms with van der Waals surface area (Å²) >= 11 is 5.56. The fourth-order valence-corrected chi connectivity index (χ4v) is 9.75. The topological polar surface area (TPSA) is 123 Å². The molecule has 1 unspecified atom stereocenters. The summed E-state index contributed by atoms with van der Waals surface area (Å²) in [5.74, 6) is 1.05. The third-order valence-electron chi connectivity index (χ3n) is 10.7. The second-order valence-electron chi connectivity index (χ2n) is 14.7. The molecule has 1 aliphatic carbocycles. The van der Waals surface area contributed by atoms with E-state index < -0.39 is 21.9 Å². The van der Waals surface area contributed by atoms with Gasteiger partial charge in [0.05, 0.1) is 37.2 Å². The van der Waals surface area contributed by atoms with E-state index in [0.29, 0.717) is 56.1 Å². The van der Waals surface area contributed by atoms with Crippen LogP contribution in [0.4, 0.5) is 10.5 Å². The van der Waals surface area contributed by atoms with Crippen molar-refractivity contribution < 1.29 is 39.6 Å². The molecule has 0 radical (unpaired) electrons. The number of allylic oxidation sites excluding steroid dienone is 1. The van der Waals surface area contributed by atoms with Gasteiger partial charge in [0.2, 0.25) is 10.9 Å². The number of pyridine rings is 1. The summed E-state index contributed by atoms with van der Waals surface area (Å²) in [4.78, 5) is 35.5. The van der Waals surface area contributed by atoms with E-state index in [9.17, 15) is 13.8 Å². The minimum Gasteiger partial charge on any atom is -0.491 e. The lowest BCUT2D eigenvalue weighted by Gasteiger charge is -2.43. The highest BCUT2D eigenvalue weighted by atomic mass is 35.5. The van der Waals surface area contributed by atoms with Gasteiger partial charge in [0.25, 0.3) is 5.91 Å². The number of halogens is 1. The minimum absolute atomic E-state index is 0.00202. The second kappa shape index (κ2) is 16.5. The van der Waals surface area contributed by atoms with E-state index in [1.165, 1.54) is 16.0 Å². The molecule has 1 saturated carbocycles. The predicted octanol–water partition coefficient (Wildman–Crippen LogP) is 6.13. The molecule has 2 aromatic carbocycles. The van der Waals surface area contributed by atoms with E-state index >= 15 is 0 Å². The zero-order valence-electron chi connectivity index (χ0n) is 30.4. The lowest BCUT2D eigenvalue weighted by Crippen LogP contribution is -2.59. The second-order valence-corrected chi connectivity index (χ2v) is 17.2. The van der Waals surface area contributed by atoms with Crippen LogP contribution >= 0.6 is 0 Å². The molecular weight excluding hydrogens is 714 g/mol. The number of urea groups is 1. The molecule has 3 amide bonds. The van der Waals surface area contributed by atoms with Crippen LogP contribution in [0.2, 0.25) is 5.02 Å². The molecule has 2 fully saturated rings. The molecule has 13 heteroatoms. The first-order valence-corrected chi connectivity index (χ1v) is 20.7. The lowest BCUT2D eigenvalue weighted by molar-refractivity contribution is -0.289. The number of hydrogen-bond acceptors (Lipinski definition) is 8. The third kappa shape index (κ3) is 8.99. The van der Waals surface area contributed by atoms with Gasteiger partial charge in [-0.15, -0.1) is 4.36 Å². The number of rotatable bonds is 4. The fourth-order valence-electron chi connectivity index (χ4n) is 7.65. The summed E-state index contributed by atoms with van der Waals surface area (Å²) in [5.41, 5.74) is 3.49. The first-order valence-electron chi connectivity index (χ1n) is 18.6. The highest BCUT2D eigenvalue weighted by Crippen LogP contribution is 2.42. The molecular formula is C40H49ClN5O6S+. The van der Waals surface area contributed by atoms with Crippen molar-refractivity contribution >= 4 is 27.5 Å². The van der Waals surface area contributed by atoms with Crippen LogP contribution in [-0.2, 0) is 27.6 Å². The van der Waals surface area contributed by atoms with Gasteiger partial charge in [0.1, 0.15) is 21.8 Å². The Balaban J connectivity index is 1.22. The highest BCUT2D eigenvalue weighted by molar-refractivity contribution is 7.92. The molecule has 0 spiro atoms. The number of nitrogens with one attached hydrogen (secondary N) is 1. The van der Waals surface area contributed by atoms with Gasteiger partial charge in [0, 0.05) is 50.2 Å². The minimum atomic E-state index is -3.53. The standard InChI is InChI=1S/C40H48ClN5O6S/c1-27-8-7-10-36(50-2)34-16-13-31(34)23-45-22-30-12-15-32(41)20-28(30)9-4-6-19-51-37-17-14-29(21-35(37)45)39(47)43-53(49,26-27)44-40(48)46-24-33(25-46)52-38-11-3-5-18-42-38/h3,5,7,10-12,14-15,17-18,20-21,27,31,33-34,36,41H,4,6,8-9,13,16,19,22-26H2,1-2H3/p+1/b10-7+/t27-,31-,34+,36-,53?/m0/s1. The average Bonchev–Trinajstić information content (AvgIpc) is 3.13. The molecule has 2 bridgehead atoms. The number of anilines is 1. The number of amides is 3. The van der Waals surface area contributed by atoms with Gasteiger partial charge in [0.15, 0.2) is 11.6 Å². The van der Waals surface area contributed by atoms with Crippen molar-refractivity contribution in [2.24, 2.45) is 22.1 Å². The van der Waals surface area contributed by atoms with E-state index in [1.54, 1.807) is 31.5 Å². The molecule has 7 rings (SSSR count). The van der Waals surface area contributed by atoms with Gasteiger partial charge in [-0.3, -0.25) is 9.52 Å². The first-order chi connectivity index (χ1) is 25.7. The number of aromatic nitrogens is 1. The number of methoxy groups -OCH3 is 1. The summed E-state index contributed by atoms with van der Waals surface area (Å²) in [6.45, 7) is 4.42. The SMILES string of the molecule is CO[C@H]1/C=C/C[C@H](C)CS(=O)(NC(=O)N2CC(Oc3ccccn3)C2)=NC(=O)c2ccc3c(c2)N(Cc2ccc([ClH+])cc2CCCCO3)C[C@@H]2CC[C@H]21. The predicted molar refractivity (Wildman–Crippen MR) is 201 cm³/mol. The lowest BCUT2D eigenvalue weighted by atomic mass is 9.70. The van der Waals surface area contributed by atoms with Gasteiger partial charge in [-0.05, 0) is 91.7 Å². The molecule has 1 saturated heterocycles. The molecule has 3 aliphatic heterocycles. The van der Waals surface area contributed by atoms with Gasteiger partial charge in [-0.25, -0.2) is 14.0 Å². The first kappa shape index (κ1) is 37.2. The molecule has 1 aromatic heterocycles. The molecule has 53 heavy (non-hydrogen) atoms. The summed E-state index contributed by atoms with van der Waals surface area (Å²) in [6.07, 6.45) is 11.0. The van der Waals surface area contributed by atoms with E-state index in [2.05, 4.69) is 43.3 Å². The number of likely N-dealkylation sites (tertiary alicyclic amines) is 1. The van der Waals surface area contributed by atoms with E-state index in [-0.39, 0.29) is 29.4 Å². The number of nitrogens with zero attached hydrogens (tertiary/aromatic N) is 4. The van der Waals surface area contributed by atoms with Gasteiger partial charge < -0.3 is 24.0 Å². The third-order valence-corrected chi connectivity index (χ3v) is 13.0. The molecule has 4 heterocycles. The van der Waals surface area contributed by atoms with Crippen molar-refractivity contribution in [3.05, 3.63) is 94.7 Å². The summed E-state index contributed by atoms with van der Waals surface area (Å²) in [7, 11) is -1.78. The Morgan fingerprint density at radius 1 is 1.06 bits per heavy atom. The summed E-state index contributed by atoms with van der Waals surface area (Å²) in [6, 6.07) is 16.4. The smallest absolute Gasteiger partial charge is 0.330 e. The molecule has 282 valence electrons. The Labute approximate surface area is 317 Å². The number of carbonyl (C=O) groups excluding carboxylic acids is 2. The number of ether oxygens (including phenoxy) is 3. The monoisotopic (exact) mass is 762 g/mol. The number of aryl methyl sites for hydroxylation is 1. The summed E-state index contributed by atoms with van der Waals surface area (Å²) in [5, 5.41) is 0.822. The quantitative estimate of drug-likeness (QED) is 0.315. The van der Waals surface area contributed by atoms with Crippen LogP contribution < -0.4 is 19.1 Å². The zero-order chi connectivity index (χ0) is 37.0. The van der Waals surface area contributed by atoms with Crippen molar-refractivity contribution in [1.82, 2.24) is 14.6 Å². The number of benzene rings is 2. The Morgan fingerprint density at radius 2 is 1.92 bits per heavy atom. The molecule has 4 aliphatic rings. The zero-order valence-corrected chi connectivity index (χ0v) is 32.0. The van der Waals surface area contributed by atoms with Crippen molar-refractivity contribution in [1.29, 1.82) is 0 Å². The van der Waals surface area contributed by atoms with E-state index in [4.69, 9.17) is 25.8 Å². The largest absolute Gasteiger partial charge is 0.491 e. The van der Waals surface area contributed by atoms with Crippen LogP contribution in [0, 0.1) is 29.4 Å². The maximum absolute atomic E-state index is 14.6. The number of carbonyl (C=O) groups is 2. The van der Waals surface area contributed by atoms with E-state index in [1.807, 2.05) is 31.2 Å². The van der Waals surface area contributed by atoms with Crippen LogP contribution in [-0.4, -0.2) is 77.3 Å². The van der Waals surface area contributed by atoms with Crippen molar-refractivity contribution in [2.75, 3.05) is 44.0 Å². The van der Waals surface area contributed by atoms with Crippen LogP contribution in [0.5, 0.6) is 11.6 Å². The van der Waals surface area contributed by atoms with E-state index in [0.717, 1.165) is 49.4 Å². The average molecular weight is 763 g/mol. The van der Waals surface area contributed by atoms with Gasteiger partial charge in [-0.1, -0.05) is 31.2 Å². The van der Waals surface area contributed by atoms with Crippen molar-refractivity contribution in [2.45, 2.75) is 64.2 Å². The Morgan fingerprint density at radius 3 is 2.70 bits per heavy atom. The Hall–Kier alpha value is -4.13. The van der Waals surface area contributed by atoms with Gasteiger partial charge >= 0.3 is 6.03 Å². The van der Waals surface area contributed by atoms with Crippen LogP contribution in [0.3, 0.4) is 0 Å². The normalized spacial score (nSPS) is 27.3. The molecule has 3 aromatic rings. The molecule has 1 N–H and O–H groups in total. The highest BCUT2D eigenvalue weighted by Gasteiger charge is 2.38. The maximum Gasteiger partial charge on any atom is 0.330 e. The fraction of sp³-hybridized carbons (Fsp3) is 0.475. The number of hydrogen-bond donors (Lipinski definition) is 1. The maximum atomic E-state index is 14.6. The Bertz CT molecular complexity index is 1950. The van der Waals surface area contributed by atoms with Crippen LogP contribution in [0.15, 0.2) is 77.3 Å². The van der Waals surface area contributed by atoms with Crippen molar-refractivity contribution in [3.8, 4) is 11.6 Å². The Kier molecular flexibility index (Phi) is 11.6.